The van der Waals surface area contributed by atoms with E-state index in [0.29, 0.717) is 11.4 Å². The first-order valence-electron chi connectivity index (χ1n) is 7.08. The van der Waals surface area contributed by atoms with Crippen LogP contribution >= 0.6 is 0 Å². The second kappa shape index (κ2) is 7.08. The minimum Gasteiger partial charge on any atom is -0.480 e. The smallest absolute Gasteiger partial charge is 0.341 e. The Morgan fingerprint density at radius 1 is 1.29 bits per heavy atom. The van der Waals surface area contributed by atoms with Gasteiger partial charge in [-0.25, -0.2) is 4.79 Å². The van der Waals surface area contributed by atoms with Gasteiger partial charge in [-0.05, 0) is 25.0 Å². The van der Waals surface area contributed by atoms with Crippen molar-refractivity contribution in [1.82, 2.24) is 0 Å². The van der Waals surface area contributed by atoms with Gasteiger partial charge in [-0.1, -0.05) is 25.0 Å². The summed E-state index contributed by atoms with van der Waals surface area (Å²) in [5.74, 6) is -1.05. The lowest BCUT2D eigenvalue weighted by atomic mass is 9.84. The van der Waals surface area contributed by atoms with Gasteiger partial charge in [0.1, 0.15) is 5.75 Å². The first kappa shape index (κ1) is 15.3. The van der Waals surface area contributed by atoms with Gasteiger partial charge < -0.3 is 20.9 Å². The van der Waals surface area contributed by atoms with E-state index in [1.807, 2.05) is 0 Å². The number of carbonyl (C=O) groups excluding carboxylic acids is 1. The Balaban J connectivity index is 2.04. The molecule has 1 amide bonds. The highest BCUT2D eigenvalue weighted by atomic mass is 16.5. The number of carboxylic acid groups (broad SMARTS) is 1. The molecule has 0 saturated heterocycles. The third-order valence-corrected chi connectivity index (χ3v) is 3.65. The standard InChI is InChI=1S/C15H20N2O4/c16-11-6-2-1-5-10(11)15(20)17-12-7-3-4-8-13(12)21-9-14(18)19/h3-4,7-8,10-11H,1-2,5-6,9,16H2,(H,17,20)(H,18,19). The molecule has 6 heteroatoms. The molecule has 1 fully saturated rings. The van der Waals surface area contributed by atoms with Crippen molar-refractivity contribution in [3.8, 4) is 5.75 Å². The number of benzene rings is 1. The summed E-state index contributed by atoms with van der Waals surface area (Å²) in [6, 6.07) is 6.66. The quantitative estimate of drug-likeness (QED) is 0.765. The molecule has 1 aliphatic rings. The third-order valence-electron chi connectivity index (χ3n) is 3.65. The van der Waals surface area contributed by atoms with Crippen LogP contribution in [0.4, 0.5) is 5.69 Å². The average Bonchev–Trinajstić information content (AvgIpc) is 2.46. The van der Waals surface area contributed by atoms with E-state index in [1.165, 1.54) is 0 Å². The van der Waals surface area contributed by atoms with Crippen molar-refractivity contribution in [2.45, 2.75) is 31.7 Å². The van der Waals surface area contributed by atoms with Crippen LogP contribution in [-0.4, -0.2) is 29.6 Å². The molecule has 2 atom stereocenters. The van der Waals surface area contributed by atoms with Gasteiger partial charge in [-0.15, -0.1) is 0 Å². The van der Waals surface area contributed by atoms with Crippen molar-refractivity contribution in [1.29, 1.82) is 0 Å². The molecule has 1 aliphatic carbocycles. The van der Waals surface area contributed by atoms with Crippen LogP contribution in [-0.2, 0) is 9.59 Å². The monoisotopic (exact) mass is 292 g/mol. The number of ether oxygens (including phenoxy) is 1. The van der Waals surface area contributed by atoms with E-state index in [2.05, 4.69) is 5.32 Å². The van der Waals surface area contributed by atoms with Crippen LogP contribution < -0.4 is 15.8 Å². The molecular weight excluding hydrogens is 272 g/mol. The van der Waals surface area contributed by atoms with Crippen LogP contribution in [0.15, 0.2) is 24.3 Å². The molecule has 1 aromatic carbocycles. The van der Waals surface area contributed by atoms with Crippen molar-refractivity contribution >= 4 is 17.6 Å². The van der Waals surface area contributed by atoms with Gasteiger partial charge in [0.25, 0.3) is 0 Å². The first-order chi connectivity index (χ1) is 10.1. The predicted molar refractivity (Wildman–Crippen MR) is 78.1 cm³/mol. The molecule has 0 bridgehead atoms. The largest absolute Gasteiger partial charge is 0.480 e. The van der Waals surface area contributed by atoms with Crippen LogP contribution in [0.5, 0.6) is 5.75 Å². The van der Waals surface area contributed by atoms with Gasteiger partial charge in [-0.2, -0.15) is 0 Å². The lowest BCUT2D eigenvalue weighted by Crippen LogP contribution is -2.40. The fraction of sp³-hybridized carbons (Fsp3) is 0.467. The molecule has 0 aromatic heterocycles. The molecular formula is C15H20N2O4. The lowest BCUT2D eigenvalue weighted by molar-refractivity contribution is -0.139. The Kier molecular flexibility index (Phi) is 5.16. The summed E-state index contributed by atoms with van der Waals surface area (Å²) >= 11 is 0. The molecule has 1 saturated carbocycles. The molecule has 21 heavy (non-hydrogen) atoms. The summed E-state index contributed by atoms with van der Waals surface area (Å²) in [4.78, 5) is 22.9. The van der Waals surface area contributed by atoms with E-state index < -0.39 is 12.6 Å². The topological polar surface area (TPSA) is 102 Å². The number of nitrogens with one attached hydrogen (secondary N) is 1. The highest BCUT2D eigenvalue weighted by Gasteiger charge is 2.28. The molecule has 1 aromatic rings. The summed E-state index contributed by atoms with van der Waals surface area (Å²) in [5, 5.41) is 11.5. The van der Waals surface area contributed by atoms with Crippen LogP contribution in [0.25, 0.3) is 0 Å². The zero-order valence-electron chi connectivity index (χ0n) is 11.7. The average molecular weight is 292 g/mol. The van der Waals surface area contributed by atoms with Crippen LogP contribution in [0, 0.1) is 5.92 Å². The Hall–Kier alpha value is -2.08. The van der Waals surface area contributed by atoms with Crippen molar-refractivity contribution in [2.24, 2.45) is 11.7 Å². The normalized spacial score (nSPS) is 21.6. The number of anilines is 1. The lowest BCUT2D eigenvalue weighted by Gasteiger charge is -2.27. The molecule has 0 aliphatic heterocycles. The Bertz CT molecular complexity index is 518. The van der Waals surface area contributed by atoms with E-state index in [1.54, 1.807) is 24.3 Å². The fourth-order valence-corrected chi connectivity index (χ4v) is 2.55. The molecule has 4 N–H and O–H groups in total. The molecule has 2 rings (SSSR count). The van der Waals surface area contributed by atoms with Gasteiger partial charge in [0.15, 0.2) is 6.61 Å². The number of aliphatic carboxylic acids is 1. The first-order valence-corrected chi connectivity index (χ1v) is 7.08. The summed E-state index contributed by atoms with van der Waals surface area (Å²) in [7, 11) is 0. The second-order valence-electron chi connectivity index (χ2n) is 5.22. The molecule has 114 valence electrons. The number of nitrogens with two attached hydrogens (primary N) is 1. The molecule has 0 heterocycles. The van der Waals surface area contributed by atoms with Gasteiger partial charge in [-0.3, -0.25) is 4.79 Å². The second-order valence-corrected chi connectivity index (χ2v) is 5.22. The number of hydrogen-bond donors (Lipinski definition) is 3. The van der Waals surface area contributed by atoms with Gasteiger partial charge >= 0.3 is 5.97 Å². The fourth-order valence-electron chi connectivity index (χ4n) is 2.55. The summed E-state index contributed by atoms with van der Waals surface area (Å²) < 4.78 is 5.17. The SMILES string of the molecule is NC1CCCCC1C(=O)Nc1ccccc1OCC(=O)O. The van der Waals surface area contributed by atoms with Crippen molar-refractivity contribution < 1.29 is 19.4 Å². The maximum Gasteiger partial charge on any atom is 0.341 e. The van der Waals surface area contributed by atoms with Crippen LogP contribution in [0.2, 0.25) is 0 Å². The van der Waals surface area contributed by atoms with E-state index in [0.717, 1.165) is 25.7 Å². The van der Waals surface area contributed by atoms with Crippen molar-refractivity contribution in [2.75, 3.05) is 11.9 Å². The number of hydrogen-bond acceptors (Lipinski definition) is 4. The van der Waals surface area contributed by atoms with Crippen LogP contribution in [0.3, 0.4) is 0 Å². The van der Waals surface area contributed by atoms with E-state index in [4.69, 9.17) is 15.6 Å². The Labute approximate surface area is 123 Å². The molecule has 0 spiro atoms. The van der Waals surface area contributed by atoms with Crippen molar-refractivity contribution in [3.05, 3.63) is 24.3 Å². The summed E-state index contributed by atoms with van der Waals surface area (Å²) in [5.41, 5.74) is 6.47. The minimum absolute atomic E-state index is 0.120. The number of amides is 1. The highest BCUT2D eigenvalue weighted by Crippen LogP contribution is 2.28. The highest BCUT2D eigenvalue weighted by molar-refractivity contribution is 5.94. The van der Waals surface area contributed by atoms with E-state index in [-0.39, 0.29) is 17.9 Å². The summed E-state index contributed by atoms with van der Waals surface area (Å²) in [6.07, 6.45) is 3.70. The maximum atomic E-state index is 12.3. The van der Waals surface area contributed by atoms with Gasteiger partial charge in [0.05, 0.1) is 11.6 Å². The number of rotatable bonds is 5. The van der Waals surface area contributed by atoms with E-state index >= 15 is 0 Å². The van der Waals surface area contributed by atoms with Gasteiger partial charge in [0, 0.05) is 6.04 Å². The van der Waals surface area contributed by atoms with E-state index in [9.17, 15) is 9.59 Å². The summed E-state index contributed by atoms with van der Waals surface area (Å²) in [6.45, 7) is -0.449. The minimum atomic E-state index is -1.06. The zero-order valence-corrected chi connectivity index (χ0v) is 11.7. The van der Waals surface area contributed by atoms with Gasteiger partial charge in [0.2, 0.25) is 5.91 Å². The predicted octanol–water partition coefficient (Wildman–Crippen LogP) is 1.61. The third kappa shape index (κ3) is 4.19. The molecule has 0 radical (unpaired) electrons. The number of carbonyl (C=O) groups is 2. The number of carboxylic acids is 1. The van der Waals surface area contributed by atoms with Crippen LogP contribution in [0.1, 0.15) is 25.7 Å². The van der Waals surface area contributed by atoms with Crippen molar-refractivity contribution in [3.63, 3.8) is 0 Å². The Morgan fingerprint density at radius 3 is 2.71 bits per heavy atom. The maximum absolute atomic E-state index is 12.3. The number of para-hydroxylation sites is 2. The molecule has 6 nitrogen and oxygen atoms in total. The molecule has 2 unspecified atom stereocenters. The Morgan fingerprint density at radius 2 is 2.00 bits per heavy atom. The zero-order chi connectivity index (χ0) is 15.2.